The highest BCUT2D eigenvalue weighted by molar-refractivity contribution is 5.31. The Hall–Kier alpha value is -1.16. The predicted octanol–water partition coefficient (Wildman–Crippen LogP) is 2.45. The van der Waals surface area contributed by atoms with Crippen molar-refractivity contribution in [3.63, 3.8) is 0 Å². The molecule has 1 saturated heterocycles. The van der Waals surface area contributed by atoms with Crippen molar-refractivity contribution in [1.82, 2.24) is 14.9 Å². The first-order valence-corrected chi connectivity index (χ1v) is 7.11. The first-order chi connectivity index (χ1) is 8.74. The van der Waals surface area contributed by atoms with Gasteiger partial charge in [-0.1, -0.05) is 19.3 Å². The van der Waals surface area contributed by atoms with Crippen LogP contribution in [0.25, 0.3) is 0 Å². The molecule has 0 radical (unpaired) electrons. The molecule has 1 saturated carbocycles. The molecular weight excluding hydrogens is 224 g/mol. The number of aryl methyl sites for hydroxylation is 1. The van der Waals surface area contributed by atoms with E-state index in [1.54, 1.807) is 0 Å². The molecule has 1 aliphatic heterocycles. The van der Waals surface area contributed by atoms with Crippen molar-refractivity contribution >= 4 is 5.82 Å². The number of aromatic nitrogens is 2. The highest BCUT2D eigenvalue weighted by Crippen LogP contribution is 2.38. The molecule has 98 valence electrons. The van der Waals surface area contributed by atoms with E-state index in [0.29, 0.717) is 11.9 Å². The van der Waals surface area contributed by atoms with E-state index in [4.69, 9.17) is 5.73 Å². The van der Waals surface area contributed by atoms with Crippen molar-refractivity contribution in [3.05, 3.63) is 17.6 Å². The van der Waals surface area contributed by atoms with Crippen molar-refractivity contribution in [1.29, 1.82) is 0 Å². The second-order valence-electron chi connectivity index (χ2n) is 5.60. The molecule has 0 spiro atoms. The van der Waals surface area contributed by atoms with Gasteiger partial charge in [0.1, 0.15) is 11.6 Å². The third-order valence-electron chi connectivity index (χ3n) is 4.32. The summed E-state index contributed by atoms with van der Waals surface area (Å²) in [7, 11) is 0. The minimum absolute atomic E-state index is 0.483. The van der Waals surface area contributed by atoms with Gasteiger partial charge in [0.2, 0.25) is 0 Å². The molecule has 1 aromatic heterocycles. The largest absolute Gasteiger partial charge is 0.384 e. The van der Waals surface area contributed by atoms with E-state index in [9.17, 15) is 0 Å². The fraction of sp³-hybridized carbons (Fsp3) is 0.714. The van der Waals surface area contributed by atoms with E-state index in [0.717, 1.165) is 17.6 Å². The number of rotatable bonds is 2. The number of nitrogen functional groups attached to an aromatic ring is 1. The van der Waals surface area contributed by atoms with Gasteiger partial charge in [-0.3, -0.25) is 4.90 Å². The lowest BCUT2D eigenvalue weighted by Crippen LogP contribution is -2.48. The first kappa shape index (κ1) is 11.9. The lowest BCUT2D eigenvalue weighted by Gasteiger charge is -2.47. The summed E-state index contributed by atoms with van der Waals surface area (Å²) in [6.07, 6.45) is 8.12. The Bertz CT molecular complexity index is 406. The summed E-state index contributed by atoms with van der Waals surface area (Å²) in [6.45, 7) is 3.14. The Balaban J connectivity index is 1.75. The molecule has 2 N–H and O–H groups in total. The molecule has 1 atom stereocenters. The maximum absolute atomic E-state index is 5.83. The highest BCUT2D eigenvalue weighted by atomic mass is 15.2. The monoisotopic (exact) mass is 246 g/mol. The van der Waals surface area contributed by atoms with Gasteiger partial charge in [-0.25, -0.2) is 9.97 Å². The van der Waals surface area contributed by atoms with Crippen LogP contribution in [0.15, 0.2) is 6.07 Å². The third-order valence-corrected chi connectivity index (χ3v) is 4.32. The SMILES string of the molecule is Cc1nc(N)cc([C@H]2CCN2C2CCCCC2)n1. The number of likely N-dealkylation sites (tertiary alicyclic amines) is 1. The Morgan fingerprint density at radius 3 is 2.56 bits per heavy atom. The van der Waals surface area contributed by atoms with Gasteiger partial charge in [-0.15, -0.1) is 0 Å². The quantitative estimate of drug-likeness (QED) is 0.871. The highest BCUT2D eigenvalue weighted by Gasteiger charge is 2.36. The molecule has 18 heavy (non-hydrogen) atoms. The normalized spacial score (nSPS) is 25.9. The maximum atomic E-state index is 5.83. The van der Waals surface area contributed by atoms with Gasteiger partial charge in [0, 0.05) is 18.7 Å². The van der Waals surface area contributed by atoms with Crippen LogP contribution >= 0.6 is 0 Å². The van der Waals surface area contributed by atoms with Crippen molar-refractivity contribution in [3.8, 4) is 0 Å². The molecule has 4 nitrogen and oxygen atoms in total. The molecule has 2 fully saturated rings. The molecule has 1 aromatic rings. The second kappa shape index (κ2) is 4.84. The van der Waals surface area contributed by atoms with Crippen molar-refractivity contribution in [2.75, 3.05) is 12.3 Å². The summed E-state index contributed by atoms with van der Waals surface area (Å²) in [6, 6.07) is 3.21. The van der Waals surface area contributed by atoms with Crippen LogP contribution in [0, 0.1) is 6.92 Å². The minimum atomic E-state index is 0.483. The maximum Gasteiger partial charge on any atom is 0.127 e. The molecule has 0 unspecified atom stereocenters. The molecular formula is C14H22N4. The van der Waals surface area contributed by atoms with Gasteiger partial charge < -0.3 is 5.73 Å². The topological polar surface area (TPSA) is 55.0 Å². The minimum Gasteiger partial charge on any atom is -0.384 e. The molecule has 2 heterocycles. The van der Waals surface area contributed by atoms with E-state index in [1.165, 1.54) is 45.1 Å². The van der Waals surface area contributed by atoms with Gasteiger partial charge in [0.15, 0.2) is 0 Å². The van der Waals surface area contributed by atoms with Gasteiger partial charge in [0.05, 0.1) is 11.7 Å². The molecule has 0 bridgehead atoms. The number of hydrogen-bond acceptors (Lipinski definition) is 4. The van der Waals surface area contributed by atoms with Crippen LogP contribution in [0.1, 0.15) is 56.1 Å². The van der Waals surface area contributed by atoms with Gasteiger partial charge >= 0.3 is 0 Å². The summed E-state index contributed by atoms with van der Waals surface area (Å²) >= 11 is 0. The smallest absolute Gasteiger partial charge is 0.127 e. The van der Waals surface area contributed by atoms with Crippen molar-refractivity contribution in [2.45, 2.75) is 57.5 Å². The van der Waals surface area contributed by atoms with Crippen LogP contribution in [-0.2, 0) is 0 Å². The Morgan fingerprint density at radius 2 is 1.94 bits per heavy atom. The fourth-order valence-corrected chi connectivity index (χ4v) is 3.36. The zero-order chi connectivity index (χ0) is 12.5. The van der Waals surface area contributed by atoms with E-state index in [2.05, 4.69) is 14.9 Å². The average Bonchev–Trinajstić information content (AvgIpc) is 2.27. The summed E-state index contributed by atoms with van der Waals surface area (Å²) in [4.78, 5) is 11.4. The summed E-state index contributed by atoms with van der Waals surface area (Å²) in [5, 5.41) is 0. The summed E-state index contributed by atoms with van der Waals surface area (Å²) < 4.78 is 0. The summed E-state index contributed by atoms with van der Waals surface area (Å²) in [5.74, 6) is 1.40. The zero-order valence-electron chi connectivity index (χ0n) is 11.1. The molecule has 3 rings (SSSR count). The van der Waals surface area contributed by atoms with E-state index >= 15 is 0 Å². The summed E-state index contributed by atoms with van der Waals surface area (Å²) in [5.41, 5.74) is 6.95. The number of hydrogen-bond donors (Lipinski definition) is 1. The molecule has 0 aromatic carbocycles. The predicted molar refractivity (Wildman–Crippen MR) is 72.1 cm³/mol. The molecule has 1 aliphatic carbocycles. The van der Waals surface area contributed by atoms with Crippen LogP contribution in [0.4, 0.5) is 5.82 Å². The number of anilines is 1. The van der Waals surface area contributed by atoms with Crippen LogP contribution in [0.3, 0.4) is 0 Å². The molecule has 0 amide bonds. The second-order valence-corrected chi connectivity index (χ2v) is 5.60. The van der Waals surface area contributed by atoms with Crippen molar-refractivity contribution < 1.29 is 0 Å². The first-order valence-electron chi connectivity index (χ1n) is 7.11. The lowest BCUT2D eigenvalue weighted by molar-refractivity contribution is 0.0204. The van der Waals surface area contributed by atoms with Gasteiger partial charge in [-0.05, 0) is 26.2 Å². The van der Waals surface area contributed by atoms with Gasteiger partial charge in [-0.2, -0.15) is 0 Å². The van der Waals surface area contributed by atoms with E-state index < -0.39 is 0 Å². The van der Waals surface area contributed by atoms with Crippen LogP contribution in [0.5, 0.6) is 0 Å². The van der Waals surface area contributed by atoms with E-state index in [1.807, 2.05) is 13.0 Å². The van der Waals surface area contributed by atoms with Crippen molar-refractivity contribution in [2.24, 2.45) is 0 Å². The average molecular weight is 246 g/mol. The standard InChI is InChI=1S/C14H22N4/c1-10-16-12(9-14(15)17-10)13-7-8-18(13)11-5-3-2-4-6-11/h9,11,13H,2-8H2,1H3,(H2,15,16,17)/t13-/m1/s1. The fourth-order valence-electron chi connectivity index (χ4n) is 3.36. The zero-order valence-corrected chi connectivity index (χ0v) is 11.1. The molecule has 4 heteroatoms. The van der Waals surface area contributed by atoms with Crippen LogP contribution in [0.2, 0.25) is 0 Å². The third kappa shape index (κ3) is 2.21. The van der Waals surface area contributed by atoms with Crippen LogP contribution < -0.4 is 5.73 Å². The lowest BCUT2D eigenvalue weighted by atomic mass is 9.88. The Kier molecular flexibility index (Phi) is 3.20. The number of nitrogens with zero attached hydrogens (tertiary/aromatic N) is 3. The molecule has 2 aliphatic rings. The van der Waals surface area contributed by atoms with Crippen LogP contribution in [-0.4, -0.2) is 27.5 Å². The number of nitrogens with two attached hydrogens (primary N) is 1. The van der Waals surface area contributed by atoms with E-state index in [-0.39, 0.29) is 0 Å². The van der Waals surface area contributed by atoms with Gasteiger partial charge in [0.25, 0.3) is 0 Å². The Labute approximate surface area is 109 Å². The Morgan fingerprint density at radius 1 is 1.17 bits per heavy atom.